The van der Waals surface area contributed by atoms with Crippen LogP contribution in [0.25, 0.3) is 0 Å². The van der Waals surface area contributed by atoms with Crippen LogP contribution in [0.5, 0.6) is 0 Å². The molecule has 2 N–H and O–H groups in total. The van der Waals surface area contributed by atoms with Gasteiger partial charge in [0.15, 0.2) is 0 Å². The molecule has 1 saturated heterocycles. The number of benzene rings is 1. The second-order valence-electron chi connectivity index (χ2n) is 6.64. The van der Waals surface area contributed by atoms with E-state index >= 15 is 0 Å². The Balaban J connectivity index is 1.66. The zero-order chi connectivity index (χ0) is 16.9. The van der Waals surface area contributed by atoms with Gasteiger partial charge in [-0.05, 0) is 43.4 Å². The summed E-state index contributed by atoms with van der Waals surface area (Å²) in [7, 11) is 0. The number of aryl methyl sites for hydroxylation is 1. The minimum atomic E-state index is 0.272. The number of nitrogens with zero attached hydrogens (tertiary/aromatic N) is 2. The number of nitrogens with one attached hydrogen (secondary N) is 2. The summed E-state index contributed by atoms with van der Waals surface area (Å²) in [6, 6.07) is 10.4. The second kappa shape index (κ2) is 7.62. The number of rotatable bonds is 6. The van der Waals surface area contributed by atoms with Gasteiger partial charge in [0.1, 0.15) is 5.82 Å². The van der Waals surface area contributed by atoms with Gasteiger partial charge in [0.25, 0.3) is 0 Å². The fraction of sp³-hybridized carbons (Fsp3) is 0.474. The molecule has 1 unspecified atom stereocenters. The molecule has 0 saturated carbocycles. The Labute approximate surface area is 143 Å². The fourth-order valence-corrected chi connectivity index (χ4v) is 2.82. The van der Waals surface area contributed by atoms with Gasteiger partial charge in [-0.25, -0.2) is 4.98 Å². The highest BCUT2D eigenvalue weighted by Gasteiger charge is 2.15. The molecule has 1 fully saturated rings. The molecule has 1 aliphatic rings. The summed E-state index contributed by atoms with van der Waals surface area (Å²) in [4.78, 5) is 9.01. The van der Waals surface area contributed by atoms with Crippen LogP contribution in [0.4, 0.5) is 17.5 Å². The van der Waals surface area contributed by atoms with Crippen molar-refractivity contribution in [2.45, 2.75) is 45.6 Å². The highest BCUT2D eigenvalue weighted by atomic mass is 16.5. The first-order valence-electron chi connectivity index (χ1n) is 8.68. The Morgan fingerprint density at radius 2 is 2.00 bits per heavy atom. The van der Waals surface area contributed by atoms with Gasteiger partial charge in [-0.3, -0.25) is 0 Å². The van der Waals surface area contributed by atoms with E-state index < -0.39 is 0 Å². The minimum Gasteiger partial charge on any atom is -0.376 e. The number of hydrogen-bond acceptors (Lipinski definition) is 5. The third-order valence-corrected chi connectivity index (χ3v) is 4.22. The summed E-state index contributed by atoms with van der Waals surface area (Å²) < 4.78 is 5.63. The summed E-state index contributed by atoms with van der Waals surface area (Å²) >= 11 is 0. The van der Waals surface area contributed by atoms with E-state index in [2.05, 4.69) is 58.7 Å². The lowest BCUT2D eigenvalue weighted by molar-refractivity contribution is 0.120. The molecule has 0 amide bonds. The average Bonchev–Trinajstić information content (AvgIpc) is 3.06. The Bertz CT molecular complexity index is 664. The third kappa shape index (κ3) is 4.45. The van der Waals surface area contributed by atoms with Crippen molar-refractivity contribution in [2.75, 3.05) is 23.8 Å². The van der Waals surface area contributed by atoms with Gasteiger partial charge in [-0.15, -0.1) is 0 Å². The van der Waals surface area contributed by atoms with Crippen LogP contribution in [0.3, 0.4) is 0 Å². The first-order valence-corrected chi connectivity index (χ1v) is 8.68. The standard InChI is InChI=1S/C19H26N4O/c1-13(2)15-6-8-16(9-7-15)22-18-11-14(3)21-19(23-18)20-12-17-5-4-10-24-17/h6-9,11,13,17H,4-5,10,12H2,1-3H3,(H2,20,21,22,23). The summed E-state index contributed by atoms with van der Waals surface area (Å²) in [5.74, 6) is 1.98. The molecule has 0 bridgehead atoms. The number of ether oxygens (including phenoxy) is 1. The summed E-state index contributed by atoms with van der Waals surface area (Å²) in [6.45, 7) is 7.99. The minimum absolute atomic E-state index is 0.272. The molecule has 3 rings (SSSR count). The number of anilines is 3. The maximum Gasteiger partial charge on any atom is 0.224 e. The molecule has 24 heavy (non-hydrogen) atoms. The van der Waals surface area contributed by atoms with E-state index in [-0.39, 0.29) is 6.10 Å². The van der Waals surface area contributed by atoms with Crippen molar-refractivity contribution in [3.63, 3.8) is 0 Å². The van der Waals surface area contributed by atoms with Crippen molar-refractivity contribution in [1.82, 2.24) is 9.97 Å². The van der Waals surface area contributed by atoms with Gasteiger partial charge < -0.3 is 15.4 Å². The van der Waals surface area contributed by atoms with Crippen molar-refractivity contribution in [3.05, 3.63) is 41.6 Å². The van der Waals surface area contributed by atoms with Crippen molar-refractivity contribution >= 4 is 17.5 Å². The van der Waals surface area contributed by atoms with Gasteiger partial charge in [0.2, 0.25) is 5.95 Å². The van der Waals surface area contributed by atoms with E-state index in [4.69, 9.17) is 4.74 Å². The van der Waals surface area contributed by atoms with Crippen LogP contribution >= 0.6 is 0 Å². The SMILES string of the molecule is Cc1cc(Nc2ccc(C(C)C)cc2)nc(NCC2CCCO2)n1. The van der Waals surface area contributed by atoms with Crippen LogP contribution in [0.15, 0.2) is 30.3 Å². The summed E-state index contributed by atoms with van der Waals surface area (Å²) in [5, 5.41) is 6.65. The second-order valence-corrected chi connectivity index (χ2v) is 6.64. The van der Waals surface area contributed by atoms with Gasteiger partial charge in [-0.1, -0.05) is 26.0 Å². The lowest BCUT2D eigenvalue weighted by Gasteiger charge is -2.13. The quantitative estimate of drug-likeness (QED) is 0.831. The first kappa shape index (κ1) is 16.7. The van der Waals surface area contributed by atoms with Gasteiger partial charge >= 0.3 is 0 Å². The summed E-state index contributed by atoms with van der Waals surface area (Å²) in [5.41, 5.74) is 3.29. The number of aromatic nitrogens is 2. The lowest BCUT2D eigenvalue weighted by Crippen LogP contribution is -2.20. The van der Waals surface area contributed by atoms with Crippen molar-refractivity contribution in [3.8, 4) is 0 Å². The zero-order valence-corrected chi connectivity index (χ0v) is 14.7. The molecule has 1 aromatic heterocycles. The van der Waals surface area contributed by atoms with Crippen molar-refractivity contribution < 1.29 is 4.74 Å². The molecule has 0 aliphatic carbocycles. The molecular weight excluding hydrogens is 300 g/mol. The molecule has 1 atom stereocenters. The molecule has 1 aliphatic heterocycles. The highest BCUT2D eigenvalue weighted by molar-refractivity contribution is 5.58. The summed E-state index contributed by atoms with van der Waals surface area (Å²) in [6.07, 6.45) is 2.51. The predicted octanol–water partition coefficient (Wildman–Crippen LogP) is 4.24. The van der Waals surface area contributed by atoms with Crippen molar-refractivity contribution in [1.29, 1.82) is 0 Å². The average molecular weight is 326 g/mol. The van der Waals surface area contributed by atoms with Gasteiger partial charge in [0, 0.05) is 30.6 Å². The number of hydrogen-bond donors (Lipinski definition) is 2. The fourth-order valence-electron chi connectivity index (χ4n) is 2.82. The van der Waals surface area contributed by atoms with Crippen molar-refractivity contribution in [2.24, 2.45) is 0 Å². The van der Waals surface area contributed by atoms with Gasteiger partial charge in [0.05, 0.1) is 6.10 Å². The predicted molar refractivity (Wildman–Crippen MR) is 98.0 cm³/mol. The molecule has 128 valence electrons. The molecular formula is C19H26N4O. The normalized spacial score (nSPS) is 17.2. The first-order chi connectivity index (χ1) is 11.6. The van der Waals surface area contributed by atoms with Crippen LogP contribution in [0.2, 0.25) is 0 Å². The lowest BCUT2D eigenvalue weighted by atomic mass is 10.0. The molecule has 1 aromatic carbocycles. The van der Waals surface area contributed by atoms with Crippen LogP contribution in [0.1, 0.15) is 43.9 Å². The highest BCUT2D eigenvalue weighted by Crippen LogP contribution is 2.21. The van der Waals surface area contributed by atoms with E-state index in [0.29, 0.717) is 11.9 Å². The van der Waals surface area contributed by atoms with E-state index in [1.807, 2.05) is 13.0 Å². The zero-order valence-electron chi connectivity index (χ0n) is 14.7. The smallest absolute Gasteiger partial charge is 0.224 e. The monoisotopic (exact) mass is 326 g/mol. The molecule has 5 nitrogen and oxygen atoms in total. The van der Waals surface area contributed by atoms with Crippen LogP contribution < -0.4 is 10.6 Å². The van der Waals surface area contributed by atoms with E-state index in [1.54, 1.807) is 0 Å². The van der Waals surface area contributed by atoms with Crippen LogP contribution in [0, 0.1) is 6.92 Å². The Morgan fingerprint density at radius 1 is 1.21 bits per heavy atom. The van der Waals surface area contributed by atoms with Crippen LogP contribution in [-0.4, -0.2) is 29.2 Å². The van der Waals surface area contributed by atoms with E-state index in [1.165, 1.54) is 5.56 Å². The Kier molecular flexibility index (Phi) is 5.30. The molecule has 5 heteroatoms. The van der Waals surface area contributed by atoms with Gasteiger partial charge in [-0.2, -0.15) is 4.98 Å². The van der Waals surface area contributed by atoms with Crippen LogP contribution in [-0.2, 0) is 4.74 Å². The Morgan fingerprint density at radius 3 is 2.67 bits per heavy atom. The van der Waals surface area contributed by atoms with E-state index in [0.717, 1.165) is 43.2 Å². The molecule has 0 radical (unpaired) electrons. The third-order valence-electron chi connectivity index (χ3n) is 4.22. The maximum atomic E-state index is 5.63. The topological polar surface area (TPSA) is 59.1 Å². The largest absolute Gasteiger partial charge is 0.376 e. The molecule has 2 heterocycles. The molecule has 0 spiro atoms. The molecule has 2 aromatic rings. The van der Waals surface area contributed by atoms with E-state index in [9.17, 15) is 0 Å². The Hall–Kier alpha value is -2.14. The maximum absolute atomic E-state index is 5.63.